The molecule has 1 radical (unpaired) electrons. The fourth-order valence-corrected chi connectivity index (χ4v) is 1.95. The largest absolute Gasteiger partial charge is 0.358 e. The summed E-state index contributed by atoms with van der Waals surface area (Å²) in [7, 11) is 2.16. The molecule has 0 saturated heterocycles. The van der Waals surface area contributed by atoms with Gasteiger partial charge in [-0.3, -0.25) is 0 Å². The summed E-state index contributed by atoms with van der Waals surface area (Å²) in [5.41, 5.74) is 5.23. The van der Waals surface area contributed by atoms with Gasteiger partial charge >= 0.3 is 0 Å². The number of aromatic nitrogens is 1. The third kappa shape index (κ3) is 1.81. The Morgan fingerprint density at radius 1 is 1.20 bits per heavy atom. The first-order valence-corrected chi connectivity index (χ1v) is 5.54. The fourth-order valence-electron chi connectivity index (χ4n) is 1.95. The van der Waals surface area contributed by atoms with Crippen LogP contribution in [0, 0.1) is 6.92 Å². The van der Waals surface area contributed by atoms with Crippen molar-refractivity contribution in [2.75, 3.05) is 0 Å². The van der Waals surface area contributed by atoms with Crippen molar-refractivity contribution in [3.63, 3.8) is 0 Å². The Hall–Kier alpha value is -1.18. The quantitative estimate of drug-likeness (QED) is 0.714. The summed E-state index contributed by atoms with van der Waals surface area (Å²) < 4.78 is 0. The predicted molar refractivity (Wildman–Crippen MR) is 68.4 cm³/mol. The van der Waals surface area contributed by atoms with Gasteiger partial charge in [-0.15, -0.1) is 0 Å². The minimum absolute atomic E-state index is 0.562. The molecule has 0 aliphatic heterocycles. The maximum Gasteiger partial charge on any atom is 0.148 e. The van der Waals surface area contributed by atoms with Gasteiger partial charge in [0.05, 0.1) is 0 Å². The number of H-pyrrole nitrogens is 1. The topological polar surface area (TPSA) is 15.8 Å². The zero-order valence-corrected chi connectivity index (χ0v) is 9.89. The lowest BCUT2D eigenvalue weighted by atomic mass is 9.71. The fraction of sp³-hybridized carbons (Fsp3) is 0.385. The number of hydrogen-bond donors (Lipinski definition) is 1. The van der Waals surface area contributed by atoms with E-state index >= 15 is 0 Å². The van der Waals surface area contributed by atoms with Crippen LogP contribution in [-0.4, -0.2) is 12.3 Å². The Morgan fingerprint density at radius 3 is 2.53 bits per heavy atom. The average molecular weight is 198 g/mol. The van der Waals surface area contributed by atoms with Crippen LogP contribution >= 0.6 is 0 Å². The van der Waals surface area contributed by atoms with Crippen LogP contribution in [0.1, 0.15) is 31.0 Å². The molecule has 0 saturated carbocycles. The Labute approximate surface area is 92.1 Å². The van der Waals surface area contributed by atoms with Gasteiger partial charge in [0, 0.05) is 11.2 Å². The second kappa shape index (κ2) is 3.76. The van der Waals surface area contributed by atoms with Gasteiger partial charge < -0.3 is 4.98 Å². The molecule has 1 nitrogen and oxygen atoms in total. The molecule has 0 amide bonds. The SMILES string of the molecule is C[B]c1cc2cc(C(C)C)[nH]c2cc1C. The van der Waals surface area contributed by atoms with Crippen LogP contribution in [0.4, 0.5) is 0 Å². The van der Waals surface area contributed by atoms with Crippen molar-refractivity contribution >= 4 is 23.6 Å². The number of benzene rings is 1. The number of aryl methyl sites for hydroxylation is 1. The lowest BCUT2D eigenvalue weighted by Crippen LogP contribution is -2.13. The van der Waals surface area contributed by atoms with Crippen LogP contribution in [0.25, 0.3) is 10.9 Å². The van der Waals surface area contributed by atoms with Gasteiger partial charge in [0.15, 0.2) is 0 Å². The van der Waals surface area contributed by atoms with Crippen molar-refractivity contribution in [2.45, 2.75) is 33.5 Å². The lowest BCUT2D eigenvalue weighted by Gasteiger charge is -2.01. The normalized spacial score (nSPS) is 11.3. The minimum Gasteiger partial charge on any atom is -0.358 e. The number of hydrogen-bond acceptors (Lipinski definition) is 0. The summed E-state index contributed by atoms with van der Waals surface area (Å²) in [6.45, 7) is 8.67. The van der Waals surface area contributed by atoms with Crippen LogP contribution in [-0.2, 0) is 0 Å². The van der Waals surface area contributed by atoms with Gasteiger partial charge in [-0.05, 0) is 30.4 Å². The summed E-state index contributed by atoms with van der Waals surface area (Å²) in [5.74, 6) is 0.562. The second-order valence-corrected chi connectivity index (χ2v) is 4.46. The van der Waals surface area contributed by atoms with E-state index < -0.39 is 0 Å². The number of fused-ring (bicyclic) bond motifs is 1. The smallest absolute Gasteiger partial charge is 0.148 e. The zero-order valence-electron chi connectivity index (χ0n) is 9.89. The van der Waals surface area contributed by atoms with Crippen LogP contribution in [0.5, 0.6) is 0 Å². The van der Waals surface area contributed by atoms with E-state index in [0.717, 1.165) is 0 Å². The van der Waals surface area contributed by atoms with Crippen LogP contribution < -0.4 is 5.46 Å². The number of aromatic amines is 1. The molecule has 1 heterocycles. The molecule has 0 unspecified atom stereocenters. The summed E-state index contributed by atoms with van der Waals surface area (Å²) in [6, 6.07) is 6.75. The highest BCUT2D eigenvalue weighted by Gasteiger charge is 2.06. The molecule has 77 valence electrons. The Kier molecular flexibility index (Phi) is 2.60. The first-order chi connectivity index (χ1) is 7.11. The summed E-state index contributed by atoms with van der Waals surface area (Å²) in [6.07, 6.45) is 0. The zero-order chi connectivity index (χ0) is 11.0. The molecule has 0 aliphatic carbocycles. The van der Waals surface area contributed by atoms with Crippen LogP contribution in [0.15, 0.2) is 18.2 Å². The van der Waals surface area contributed by atoms with E-state index in [-0.39, 0.29) is 0 Å². The molecule has 2 heteroatoms. The highest BCUT2D eigenvalue weighted by molar-refractivity contribution is 6.53. The molecule has 1 N–H and O–H groups in total. The van der Waals surface area contributed by atoms with E-state index in [1.807, 2.05) is 0 Å². The van der Waals surface area contributed by atoms with Gasteiger partial charge in [0.25, 0.3) is 0 Å². The van der Waals surface area contributed by atoms with Crippen molar-refractivity contribution in [3.8, 4) is 0 Å². The minimum atomic E-state index is 0.562. The third-order valence-corrected chi connectivity index (χ3v) is 2.96. The molecule has 0 spiro atoms. The average Bonchev–Trinajstić information content (AvgIpc) is 2.59. The van der Waals surface area contributed by atoms with Crippen molar-refractivity contribution < 1.29 is 0 Å². The van der Waals surface area contributed by atoms with Crippen molar-refractivity contribution in [3.05, 3.63) is 29.5 Å². The molecular weight excluding hydrogens is 181 g/mol. The Bertz CT molecular complexity index is 482. The molecule has 0 fully saturated rings. The van der Waals surface area contributed by atoms with Crippen molar-refractivity contribution in [1.82, 2.24) is 4.98 Å². The molecule has 15 heavy (non-hydrogen) atoms. The molecule has 2 aromatic rings. The van der Waals surface area contributed by atoms with Gasteiger partial charge in [0.1, 0.15) is 7.28 Å². The predicted octanol–water partition coefficient (Wildman–Crippen LogP) is 2.98. The van der Waals surface area contributed by atoms with E-state index in [2.05, 4.69) is 58.1 Å². The van der Waals surface area contributed by atoms with E-state index in [1.54, 1.807) is 0 Å². The molecule has 0 bridgehead atoms. The summed E-state index contributed by atoms with van der Waals surface area (Å²) >= 11 is 0. The van der Waals surface area contributed by atoms with Gasteiger partial charge in [-0.25, -0.2) is 0 Å². The number of nitrogens with one attached hydrogen (secondary N) is 1. The lowest BCUT2D eigenvalue weighted by molar-refractivity contribution is 0.836. The second-order valence-electron chi connectivity index (χ2n) is 4.46. The maximum absolute atomic E-state index is 3.47. The molecule has 1 aromatic heterocycles. The highest BCUT2D eigenvalue weighted by Crippen LogP contribution is 2.20. The first kappa shape index (κ1) is 10.3. The van der Waals surface area contributed by atoms with E-state index in [9.17, 15) is 0 Å². The molecule has 0 atom stereocenters. The first-order valence-electron chi connectivity index (χ1n) is 5.54. The van der Waals surface area contributed by atoms with E-state index in [4.69, 9.17) is 0 Å². The van der Waals surface area contributed by atoms with Crippen molar-refractivity contribution in [1.29, 1.82) is 0 Å². The van der Waals surface area contributed by atoms with Crippen molar-refractivity contribution in [2.24, 2.45) is 0 Å². The molecule has 2 rings (SSSR count). The molecule has 1 aromatic carbocycles. The standard InChI is InChI=1S/C13H17BN/c1-8(2)12-7-10-6-11(14-4)9(3)5-13(10)15-12/h5-8,15H,1-4H3. The van der Waals surface area contributed by atoms with E-state index in [1.165, 1.54) is 27.6 Å². The van der Waals surface area contributed by atoms with E-state index in [0.29, 0.717) is 5.92 Å². The summed E-state index contributed by atoms with van der Waals surface area (Å²) in [5, 5.41) is 1.32. The Balaban J connectivity index is 2.61. The monoisotopic (exact) mass is 198 g/mol. The van der Waals surface area contributed by atoms with Crippen LogP contribution in [0.2, 0.25) is 6.82 Å². The Morgan fingerprint density at radius 2 is 1.93 bits per heavy atom. The van der Waals surface area contributed by atoms with Gasteiger partial charge in [-0.2, -0.15) is 0 Å². The molecule has 0 aliphatic rings. The third-order valence-electron chi connectivity index (χ3n) is 2.96. The van der Waals surface area contributed by atoms with Crippen LogP contribution in [0.3, 0.4) is 0 Å². The highest BCUT2D eigenvalue weighted by atomic mass is 14.7. The molecular formula is C13H17BN. The maximum atomic E-state index is 3.47. The summed E-state index contributed by atoms with van der Waals surface area (Å²) in [4.78, 5) is 3.47. The van der Waals surface area contributed by atoms with Gasteiger partial charge in [-0.1, -0.05) is 37.8 Å². The van der Waals surface area contributed by atoms with Gasteiger partial charge in [0.2, 0.25) is 0 Å². The number of rotatable bonds is 2.